The van der Waals surface area contributed by atoms with E-state index < -0.39 is 0 Å². The summed E-state index contributed by atoms with van der Waals surface area (Å²) in [7, 11) is 3.82. The molecule has 108 valence electrons. The molecule has 1 heterocycles. The van der Waals surface area contributed by atoms with E-state index in [1.807, 2.05) is 12.1 Å². The molecule has 21 heavy (non-hydrogen) atoms. The second kappa shape index (κ2) is 5.65. The van der Waals surface area contributed by atoms with E-state index in [-0.39, 0.29) is 0 Å². The molecule has 0 radical (unpaired) electrons. The van der Waals surface area contributed by atoms with Crippen LogP contribution in [-0.2, 0) is 7.05 Å². The van der Waals surface area contributed by atoms with Gasteiger partial charge in [0.15, 0.2) is 0 Å². The number of aromatic nitrogens is 1. The molecule has 0 aliphatic carbocycles. The van der Waals surface area contributed by atoms with Gasteiger partial charge in [-0.05, 0) is 35.7 Å². The highest BCUT2D eigenvalue weighted by atomic mass is 16.5. The molecule has 0 fully saturated rings. The molecule has 0 saturated heterocycles. The topological polar surface area (TPSA) is 14.2 Å². The van der Waals surface area contributed by atoms with E-state index in [0.717, 1.165) is 12.2 Å². The zero-order chi connectivity index (χ0) is 14.8. The van der Waals surface area contributed by atoms with Gasteiger partial charge in [-0.25, -0.2) is 0 Å². The zero-order valence-corrected chi connectivity index (χ0v) is 12.8. The molecule has 2 aromatic carbocycles. The number of methoxy groups -OCH3 is 1. The zero-order valence-electron chi connectivity index (χ0n) is 12.8. The largest absolute Gasteiger partial charge is 0.497 e. The van der Waals surface area contributed by atoms with Gasteiger partial charge in [0.1, 0.15) is 5.75 Å². The molecule has 0 amide bonds. The molecule has 0 aliphatic heterocycles. The summed E-state index contributed by atoms with van der Waals surface area (Å²) in [5.74, 6) is 1.33. The average Bonchev–Trinajstić information content (AvgIpc) is 2.86. The van der Waals surface area contributed by atoms with Crippen molar-refractivity contribution in [3.8, 4) is 5.75 Å². The van der Waals surface area contributed by atoms with Crippen molar-refractivity contribution in [1.82, 2.24) is 4.57 Å². The first-order valence-electron chi connectivity index (χ1n) is 7.42. The summed E-state index contributed by atoms with van der Waals surface area (Å²) < 4.78 is 7.48. The molecule has 2 heteroatoms. The minimum atomic E-state index is 0.419. The Balaban J connectivity index is 2.09. The van der Waals surface area contributed by atoms with Crippen LogP contribution in [0.1, 0.15) is 30.4 Å². The summed E-state index contributed by atoms with van der Waals surface area (Å²) in [6.07, 6.45) is 3.35. The van der Waals surface area contributed by atoms with Crippen molar-refractivity contribution in [1.29, 1.82) is 0 Å². The van der Waals surface area contributed by atoms with Crippen molar-refractivity contribution < 1.29 is 4.74 Å². The molecule has 0 bridgehead atoms. The molecule has 2 nitrogen and oxygen atoms in total. The number of aryl methyl sites for hydroxylation is 1. The third kappa shape index (κ3) is 2.42. The van der Waals surface area contributed by atoms with Gasteiger partial charge in [-0.3, -0.25) is 0 Å². The van der Waals surface area contributed by atoms with E-state index >= 15 is 0 Å². The number of benzene rings is 2. The van der Waals surface area contributed by atoms with E-state index in [0.29, 0.717) is 5.92 Å². The van der Waals surface area contributed by atoms with Crippen molar-refractivity contribution in [3.63, 3.8) is 0 Å². The summed E-state index contributed by atoms with van der Waals surface area (Å²) in [6, 6.07) is 17.1. The third-order valence-corrected chi connectivity index (χ3v) is 4.23. The highest BCUT2D eigenvalue weighted by molar-refractivity contribution is 5.85. The van der Waals surface area contributed by atoms with Crippen LogP contribution in [0.4, 0.5) is 0 Å². The summed E-state index contributed by atoms with van der Waals surface area (Å²) in [4.78, 5) is 0. The van der Waals surface area contributed by atoms with Gasteiger partial charge in [-0.15, -0.1) is 0 Å². The molecule has 0 aliphatic rings. The first-order chi connectivity index (χ1) is 10.2. The Morgan fingerprint density at radius 3 is 2.43 bits per heavy atom. The predicted molar refractivity (Wildman–Crippen MR) is 88.0 cm³/mol. The molecule has 0 spiro atoms. The Labute approximate surface area is 126 Å². The smallest absolute Gasteiger partial charge is 0.118 e. The second-order valence-corrected chi connectivity index (χ2v) is 5.45. The second-order valence-electron chi connectivity index (χ2n) is 5.45. The normalized spacial score (nSPS) is 12.5. The van der Waals surface area contributed by atoms with Gasteiger partial charge in [0.2, 0.25) is 0 Å². The summed E-state index contributed by atoms with van der Waals surface area (Å²) in [5, 5.41) is 1.35. The Kier molecular flexibility index (Phi) is 3.70. The fourth-order valence-corrected chi connectivity index (χ4v) is 3.12. The summed E-state index contributed by atoms with van der Waals surface area (Å²) in [6.45, 7) is 2.25. The molecule has 0 N–H and O–H groups in total. The molecular formula is C19H21NO. The van der Waals surface area contributed by atoms with Gasteiger partial charge in [-0.2, -0.15) is 0 Å². The van der Waals surface area contributed by atoms with E-state index in [2.05, 4.69) is 61.1 Å². The van der Waals surface area contributed by atoms with E-state index in [1.165, 1.54) is 22.0 Å². The molecule has 0 saturated carbocycles. The van der Waals surface area contributed by atoms with Crippen LogP contribution in [0.15, 0.2) is 54.7 Å². The van der Waals surface area contributed by atoms with Crippen LogP contribution < -0.4 is 4.74 Å². The van der Waals surface area contributed by atoms with Gasteiger partial charge in [-0.1, -0.05) is 37.3 Å². The van der Waals surface area contributed by atoms with Crippen molar-refractivity contribution >= 4 is 10.9 Å². The number of hydrogen-bond acceptors (Lipinski definition) is 1. The highest BCUT2D eigenvalue weighted by Gasteiger charge is 2.17. The molecular weight excluding hydrogens is 258 g/mol. The lowest BCUT2D eigenvalue weighted by Crippen LogP contribution is -1.99. The van der Waals surface area contributed by atoms with E-state index in [9.17, 15) is 0 Å². The van der Waals surface area contributed by atoms with Crippen molar-refractivity contribution in [2.45, 2.75) is 19.3 Å². The lowest BCUT2D eigenvalue weighted by atomic mass is 9.89. The Morgan fingerprint density at radius 2 is 1.76 bits per heavy atom. The van der Waals surface area contributed by atoms with E-state index in [1.54, 1.807) is 7.11 Å². The van der Waals surface area contributed by atoms with Crippen molar-refractivity contribution in [3.05, 3.63) is 65.9 Å². The number of ether oxygens (including phenoxy) is 1. The maximum atomic E-state index is 5.26. The first-order valence-corrected chi connectivity index (χ1v) is 7.42. The number of para-hydroxylation sites is 1. The molecule has 3 rings (SSSR count). The van der Waals surface area contributed by atoms with Crippen LogP contribution in [-0.4, -0.2) is 11.7 Å². The molecule has 1 aromatic heterocycles. The van der Waals surface area contributed by atoms with Gasteiger partial charge in [0, 0.05) is 30.1 Å². The summed E-state index contributed by atoms with van der Waals surface area (Å²) >= 11 is 0. The predicted octanol–water partition coefficient (Wildman–Crippen LogP) is 4.73. The van der Waals surface area contributed by atoms with Crippen LogP contribution in [0.3, 0.4) is 0 Å². The molecule has 1 atom stereocenters. The monoisotopic (exact) mass is 279 g/mol. The fraction of sp³-hybridized carbons (Fsp3) is 0.263. The van der Waals surface area contributed by atoms with Crippen LogP contribution in [0.2, 0.25) is 0 Å². The minimum Gasteiger partial charge on any atom is -0.497 e. The Morgan fingerprint density at radius 1 is 1.05 bits per heavy atom. The van der Waals surface area contributed by atoms with Crippen molar-refractivity contribution in [2.75, 3.05) is 7.11 Å². The lowest BCUT2D eigenvalue weighted by molar-refractivity contribution is 0.414. The molecule has 3 aromatic rings. The van der Waals surface area contributed by atoms with E-state index in [4.69, 9.17) is 4.74 Å². The van der Waals surface area contributed by atoms with Gasteiger partial charge >= 0.3 is 0 Å². The number of fused-ring (bicyclic) bond motifs is 1. The average molecular weight is 279 g/mol. The highest BCUT2D eigenvalue weighted by Crippen LogP contribution is 2.34. The van der Waals surface area contributed by atoms with Gasteiger partial charge in [0.25, 0.3) is 0 Å². The molecule has 1 unspecified atom stereocenters. The van der Waals surface area contributed by atoms with Crippen LogP contribution in [0, 0.1) is 0 Å². The van der Waals surface area contributed by atoms with Crippen LogP contribution in [0.25, 0.3) is 10.9 Å². The Hall–Kier alpha value is -2.22. The Bertz CT molecular complexity index is 740. The first kappa shape index (κ1) is 13.7. The van der Waals surface area contributed by atoms with Crippen LogP contribution in [0.5, 0.6) is 5.75 Å². The van der Waals surface area contributed by atoms with Crippen molar-refractivity contribution in [2.24, 2.45) is 7.05 Å². The van der Waals surface area contributed by atoms with Gasteiger partial charge < -0.3 is 9.30 Å². The minimum absolute atomic E-state index is 0.419. The maximum Gasteiger partial charge on any atom is 0.118 e. The van der Waals surface area contributed by atoms with Crippen LogP contribution >= 0.6 is 0 Å². The maximum absolute atomic E-state index is 5.26. The SMILES string of the molecule is CCC(c1ccc(OC)cc1)c1cn(C)c2ccccc12. The van der Waals surface area contributed by atoms with Gasteiger partial charge in [0.05, 0.1) is 7.11 Å². The number of rotatable bonds is 4. The number of hydrogen-bond donors (Lipinski definition) is 0. The number of nitrogens with zero attached hydrogens (tertiary/aromatic N) is 1. The fourth-order valence-electron chi connectivity index (χ4n) is 3.12. The third-order valence-electron chi connectivity index (χ3n) is 4.23. The quantitative estimate of drug-likeness (QED) is 0.673. The summed E-state index contributed by atoms with van der Waals surface area (Å²) in [5.41, 5.74) is 4.04. The lowest BCUT2D eigenvalue weighted by Gasteiger charge is -2.15. The standard InChI is InChI=1S/C19H21NO/c1-4-16(14-9-11-15(21-3)12-10-14)18-13-20(2)19-8-6-5-7-17(18)19/h5-13,16H,4H2,1-3H3.